The van der Waals surface area contributed by atoms with Gasteiger partial charge in [0, 0.05) is 5.56 Å². The van der Waals surface area contributed by atoms with Crippen molar-refractivity contribution < 1.29 is 19.8 Å². The van der Waals surface area contributed by atoms with E-state index in [1.807, 2.05) is 0 Å². The number of carbonyl (C=O) groups is 2. The molecule has 1 saturated carbocycles. The number of carboxylic acid groups (broad SMARTS) is 1. The Hall–Kier alpha value is -1.88. The fourth-order valence-electron chi connectivity index (χ4n) is 2.50. The van der Waals surface area contributed by atoms with Crippen LogP contribution in [0.25, 0.3) is 0 Å². The summed E-state index contributed by atoms with van der Waals surface area (Å²) in [6.45, 7) is 0. The molecule has 1 fully saturated rings. The van der Waals surface area contributed by atoms with E-state index in [4.69, 9.17) is 5.11 Å². The summed E-state index contributed by atoms with van der Waals surface area (Å²) in [7, 11) is 0. The number of amides is 1. The van der Waals surface area contributed by atoms with E-state index in [0.29, 0.717) is 12.0 Å². The van der Waals surface area contributed by atoms with Gasteiger partial charge in [0.05, 0.1) is 17.7 Å². The van der Waals surface area contributed by atoms with Crippen molar-refractivity contribution in [1.29, 1.82) is 0 Å². The maximum atomic E-state index is 12.1. The van der Waals surface area contributed by atoms with Gasteiger partial charge in [0.2, 0.25) is 0 Å². The molecule has 1 aliphatic rings. The predicted octanol–water partition coefficient (Wildman–Crippen LogP) is 1.81. The molecule has 2 rings (SSSR count). The lowest BCUT2D eigenvalue weighted by atomic mass is 10.0. The van der Waals surface area contributed by atoms with E-state index < -0.39 is 12.1 Å². The van der Waals surface area contributed by atoms with Gasteiger partial charge in [-0.25, -0.2) is 4.79 Å². The number of aromatic carboxylic acids is 1. The van der Waals surface area contributed by atoms with Crippen molar-refractivity contribution in [3.05, 3.63) is 35.4 Å². The first-order valence-electron chi connectivity index (χ1n) is 6.90. The maximum absolute atomic E-state index is 12.1. The van der Waals surface area contributed by atoms with Gasteiger partial charge >= 0.3 is 5.97 Å². The first kappa shape index (κ1) is 14.5. The lowest BCUT2D eigenvalue weighted by molar-refractivity contribution is 0.0697. The molecule has 0 bridgehead atoms. The first-order chi connectivity index (χ1) is 9.58. The van der Waals surface area contributed by atoms with Gasteiger partial charge in [0.1, 0.15) is 0 Å². The third-order valence-corrected chi connectivity index (χ3v) is 3.67. The Labute approximate surface area is 117 Å². The van der Waals surface area contributed by atoms with Gasteiger partial charge in [-0.3, -0.25) is 4.79 Å². The van der Waals surface area contributed by atoms with Gasteiger partial charge in [0.25, 0.3) is 5.91 Å². The molecule has 108 valence electrons. The summed E-state index contributed by atoms with van der Waals surface area (Å²) in [5.41, 5.74) is 0.389. The molecule has 5 heteroatoms. The summed E-state index contributed by atoms with van der Waals surface area (Å²) in [5.74, 6) is -1.40. The largest absolute Gasteiger partial charge is 0.478 e. The summed E-state index contributed by atoms with van der Waals surface area (Å²) in [6.07, 6.45) is 3.95. The lowest BCUT2D eigenvalue weighted by Gasteiger charge is -2.21. The molecule has 20 heavy (non-hydrogen) atoms. The smallest absolute Gasteiger partial charge is 0.335 e. The number of hydrogen-bond acceptors (Lipinski definition) is 3. The van der Waals surface area contributed by atoms with Crippen LogP contribution in [0.15, 0.2) is 24.3 Å². The zero-order valence-electron chi connectivity index (χ0n) is 11.2. The van der Waals surface area contributed by atoms with E-state index in [1.54, 1.807) is 12.1 Å². The number of aliphatic hydroxyl groups is 1. The Morgan fingerprint density at radius 3 is 2.55 bits per heavy atom. The molecule has 0 spiro atoms. The summed E-state index contributed by atoms with van der Waals surface area (Å²) < 4.78 is 0. The fourth-order valence-corrected chi connectivity index (χ4v) is 2.50. The van der Waals surface area contributed by atoms with Crippen LogP contribution in [-0.2, 0) is 0 Å². The molecule has 0 aliphatic heterocycles. The molecule has 0 saturated heterocycles. The predicted molar refractivity (Wildman–Crippen MR) is 73.7 cm³/mol. The Kier molecular flexibility index (Phi) is 4.74. The SMILES string of the molecule is O=C(O)c1cccc(C(=O)NC2CCCCCC2O)c1. The molecule has 2 atom stereocenters. The maximum Gasteiger partial charge on any atom is 0.335 e. The summed E-state index contributed by atoms with van der Waals surface area (Å²) in [6, 6.07) is 5.66. The molecule has 1 aliphatic carbocycles. The van der Waals surface area contributed by atoms with Crippen LogP contribution < -0.4 is 5.32 Å². The number of nitrogens with one attached hydrogen (secondary N) is 1. The van der Waals surface area contributed by atoms with Gasteiger partial charge in [-0.15, -0.1) is 0 Å². The highest BCUT2D eigenvalue weighted by molar-refractivity contribution is 5.97. The summed E-state index contributed by atoms with van der Waals surface area (Å²) >= 11 is 0. The number of aliphatic hydroxyl groups excluding tert-OH is 1. The second-order valence-corrected chi connectivity index (χ2v) is 5.17. The second-order valence-electron chi connectivity index (χ2n) is 5.17. The molecule has 3 N–H and O–H groups in total. The van der Waals surface area contributed by atoms with Crippen molar-refractivity contribution in [2.45, 2.75) is 44.2 Å². The Morgan fingerprint density at radius 1 is 1.10 bits per heavy atom. The van der Waals surface area contributed by atoms with Gasteiger partial charge in [-0.05, 0) is 31.0 Å². The fraction of sp³-hybridized carbons (Fsp3) is 0.467. The molecule has 1 aromatic rings. The highest BCUT2D eigenvalue weighted by Crippen LogP contribution is 2.18. The van der Waals surface area contributed by atoms with Gasteiger partial charge in [0.15, 0.2) is 0 Å². The monoisotopic (exact) mass is 277 g/mol. The van der Waals surface area contributed by atoms with Crippen LogP contribution in [0, 0.1) is 0 Å². The van der Waals surface area contributed by atoms with E-state index in [-0.39, 0.29) is 17.5 Å². The molecule has 5 nitrogen and oxygen atoms in total. The first-order valence-corrected chi connectivity index (χ1v) is 6.90. The quantitative estimate of drug-likeness (QED) is 0.735. The van der Waals surface area contributed by atoms with E-state index in [1.165, 1.54) is 12.1 Å². The third kappa shape index (κ3) is 3.57. The van der Waals surface area contributed by atoms with Crippen molar-refractivity contribution in [2.75, 3.05) is 0 Å². The van der Waals surface area contributed by atoms with Crippen LogP contribution in [0.5, 0.6) is 0 Å². The molecular formula is C15H19NO4. The van der Waals surface area contributed by atoms with Crippen LogP contribution >= 0.6 is 0 Å². The zero-order chi connectivity index (χ0) is 14.5. The minimum absolute atomic E-state index is 0.0825. The molecule has 0 heterocycles. The average Bonchev–Trinajstić information content (AvgIpc) is 2.64. The number of carboxylic acids is 1. The number of hydrogen-bond donors (Lipinski definition) is 3. The highest BCUT2D eigenvalue weighted by atomic mass is 16.4. The number of rotatable bonds is 3. The van der Waals surface area contributed by atoms with E-state index in [2.05, 4.69) is 5.32 Å². The van der Waals surface area contributed by atoms with Crippen LogP contribution in [-0.4, -0.2) is 34.2 Å². The van der Waals surface area contributed by atoms with Crippen molar-refractivity contribution in [1.82, 2.24) is 5.32 Å². The van der Waals surface area contributed by atoms with E-state index >= 15 is 0 Å². The van der Waals surface area contributed by atoms with Gasteiger partial charge in [-0.1, -0.05) is 25.3 Å². The van der Waals surface area contributed by atoms with Gasteiger partial charge in [-0.2, -0.15) is 0 Å². The third-order valence-electron chi connectivity index (χ3n) is 3.67. The van der Waals surface area contributed by atoms with Crippen LogP contribution in [0.2, 0.25) is 0 Å². The molecular weight excluding hydrogens is 258 g/mol. The number of carbonyl (C=O) groups excluding carboxylic acids is 1. The molecule has 1 amide bonds. The highest BCUT2D eigenvalue weighted by Gasteiger charge is 2.23. The van der Waals surface area contributed by atoms with Crippen molar-refractivity contribution in [3.63, 3.8) is 0 Å². The molecule has 0 radical (unpaired) electrons. The minimum atomic E-state index is -1.06. The van der Waals surface area contributed by atoms with E-state index in [9.17, 15) is 14.7 Å². The zero-order valence-corrected chi connectivity index (χ0v) is 11.2. The Balaban J connectivity index is 2.07. The minimum Gasteiger partial charge on any atom is -0.478 e. The van der Waals surface area contributed by atoms with Gasteiger partial charge < -0.3 is 15.5 Å². The normalized spacial score (nSPS) is 22.9. The summed E-state index contributed by atoms with van der Waals surface area (Å²) in [4.78, 5) is 23.0. The van der Waals surface area contributed by atoms with Crippen molar-refractivity contribution in [2.24, 2.45) is 0 Å². The standard InChI is InChI=1S/C15H19NO4/c17-13-8-3-1-2-7-12(13)16-14(18)10-5-4-6-11(9-10)15(19)20/h4-6,9,12-13,17H,1-3,7-8H2,(H,16,18)(H,19,20). The molecule has 2 unspecified atom stereocenters. The summed E-state index contributed by atoms with van der Waals surface area (Å²) in [5, 5.41) is 21.7. The van der Waals surface area contributed by atoms with Crippen molar-refractivity contribution >= 4 is 11.9 Å². The second kappa shape index (κ2) is 6.52. The Morgan fingerprint density at radius 2 is 1.80 bits per heavy atom. The Bertz CT molecular complexity index is 500. The number of benzene rings is 1. The van der Waals surface area contributed by atoms with Crippen LogP contribution in [0.1, 0.15) is 52.8 Å². The van der Waals surface area contributed by atoms with Crippen molar-refractivity contribution in [3.8, 4) is 0 Å². The lowest BCUT2D eigenvalue weighted by Crippen LogP contribution is -2.42. The van der Waals surface area contributed by atoms with E-state index in [0.717, 1.165) is 25.7 Å². The average molecular weight is 277 g/mol. The molecule has 1 aromatic carbocycles. The molecule has 0 aromatic heterocycles. The topological polar surface area (TPSA) is 86.6 Å². The van der Waals surface area contributed by atoms with Crippen LogP contribution in [0.4, 0.5) is 0 Å². The van der Waals surface area contributed by atoms with Crippen LogP contribution in [0.3, 0.4) is 0 Å².